The first-order valence-electron chi connectivity index (χ1n) is 9.29. The Labute approximate surface area is 190 Å². The number of benzene rings is 3. The molecule has 0 aliphatic heterocycles. The molecular formula is C23H20Cl2N2O4. The van der Waals surface area contributed by atoms with E-state index in [1.165, 1.54) is 6.21 Å². The molecule has 160 valence electrons. The van der Waals surface area contributed by atoms with Gasteiger partial charge in [-0.15, -0.1) is 0 Å². The van der Waals surface area contributed by atoms with E-state index in [-0.39, 0.29) is 12.5 Å². The molecule has 0 spiro atoms. The fourth-order valence-corrected chi connectivity index (χ4v) is 2.90. The van der Waals surface area contributed by atoms with Gasteiger partial charge in [-0.3, -0.25) is 4.79 Å². The van der Waals surface area contributed by atoms with Gasteiger partial charge in [0.1, 0.15) is 12.4 Å². The third-order valence-electron chi connectivity index (χ3n) is 4.06. The number of hydrogen-bond acceptors (Lipinski definition) is 5. The van der Waals surface area contributed by atoms with Crippen molar-refractivity contribution in [3.63, 3.8) is 0 Å². The number of ether oxygens (including phenoxy) is 3. The van der Waals surface area contributed by atoms with E-state index in [0.29, 0.717) is 33.9 Å². The van der Waals surface area contributed by atoms with Crippen LogP contribution in [-0.4, -0.2) is 25.8 Å². The molecule has 0 bridgehead atoms. The molecule has 6 nitrogen and oxygen atoms in total. The summed E-state index contributed by atoms with van der Waals surface area (Å²) in [5, 5.41) is 5.19. The number of amides is 1. The van der Waals surface area contributed by atoms with Gasteiger partial charge in [0.25, 0.3) is 5.91 Å². The maximum atomic E-state index is 11.9. The van der Waals surface area contributed by atoms with Gasteiger partial charge in [-0.2, -0.15) is 5.10 Å². The van der Waals surface area contributed by atoms with E-state index in [1.54, 1.807) is 49.6 Å². The molecule has 3 rings (SSSR count). The predicted octanol–water partition coefficient (Wildman–Crippen LogP) is 5.11. The minimum absolute atomic E-state index is 0.168. The fraction of sp³-hybridized carbons (Fsp3) is 0.130. The Balaban J connectivity index is 1.51. The first kappa shape index (κ1) is 22.5. The highest BCUT2D eigenvalue weighted by Crippen LogP contribution is 2.28. The van der Waals surface area contributed by atoms with Gasteiger partial charge < -0.3 is 14.2 Å². The number of carbonyl (C=O) groups is 1. The molecule has 1 N–H and O–H groups in total. The Bertz CT molecular complexity index is 1060. The summed E-state index contributed by atoms with van der Waals surface area (Å²) in [6.07, 6.45) is 1.50. The molecule has 0 fully saturated rings. The quantitative estimate of drug-likeness (QED) is 0.357. The molecule has 0 atom stereocenters. The standard InChI is InChI=1S/C23H20Cl2N2O4/c1-29-22-12-16(5-10-21(22)31-14-17-3-2-4-19(25)11-17)13-26-27-23(28)15-30-20-8-6-18(24)7-9-20/h2-13H,14-15H2,1H3,(H,27,28)/b26-13+. The van der Waals surface area contributed by atoms with Crippen molar-refractivity contribution in [2.75, 3.05) is 13.7 Å². The fourth-order valence-electron chi connectivity index (χ4n) is 2.56. The lowest BCUT2D eigenvalue weighted by atomic mass is 10.2. The zero-order chi connectivity index (χ0) is 22.1. The average molecular weight is 459 g/mol. The minimum Gasteiger partial charge on any atom is -0.493 e. The third-order valence-corrected chi connectivity index (χ3v) is 4.54. The van der Waals surface area contributed by atoms with Crippen LogP contribution in [0.2, 0.25) is 10.0 Å². The van der Waals surface area contributed by atoms with Crippen LogP contribution in [0.25, 0.3) is 0 Å². The van der Waals surface area contributed by atoms with E-state index < -0.39 is 0 Å². The molecule has 1 amide bonds. The first-order valence-corrected chi connectivity index (χ1v) is 10.0. The SMILES string of the molecule is COc1cc(/C=N/NC(=O)COc2ccc(Cl)cc2)ccc1OCc1cccc(Cl)c1. The summed E-state index contributed by atoms with van der Waals surface area (Å²) >= 11 is 11.8. The summed E-state index contributed by atoms with van der Waals surface area (Å²) in [6.45, 7) is 0.187. The van der Waals surface area contributed by atoms with Gasteiger partial charge in [0, 0.05) is 10.0 Å². The summed E-state index contributed by atoms with van der Waals surface area (Å²) in [4.78, 5) is 11.9. The second-order valence-corrected chi connectivity index (χ2v) is 7.24. The van der Waals surface area contributed by atoms with Crippen LogP contribution in [0.4, 0.5) is 0 Å². The number of hydrogen-bond donors (Lipinski definition) is 1. The number of nitrogens with zero attached hydrogens (tertiary/aromatic N) is 1. The summed E-state index contributed by atoms with van der Waals surface area (Å²) in [5.74, 6) is 1.28. The van der Waals surface area contributed by atoms with Crippen LogP contribution in [0.15, 0.2) is 71.8 Å². The molecule has 0 radical (unpaired) electrons. The van der Waals surface area contributed by atoms with Crippen LogP contribution >= 0.6 is 23.2 Å². The molecule has 0 aromatic heterocycles. The van der Waals surface area contributed by atoms with Crippen molar-refractivity contribution in [1.29, 1.82) is 0 Å². The van der Waals surface area contributed by atoms with E-state index in [0.717, 1.165) is 11.1 Å². The highest BCUT2D eigenvalue weighted by Gasteiger charge is 2.06. The first-order chi connectivity index (χ1) is 15.0. The Morgan fingerprint density at radius 2 is 1.77 bits per heavy atom. The highest BCUT2D eigenvalue weighted by molar-refractivity contribution is 6.30. The number of nitrogens with one attached hydrogen (secondary N) is 1. The number of halogens is 2. The van der Waals surface area contributed by atoms with E-state index in [1.807, 2.05) is 24.3 Å². The van der Waals surface area contributed by atoms with Crippen molar-refractivity contribution in [2.24, 2.45) is 5.10 Å². The van der Waals surface area contributed by atoms with Gasteiger partial charge in [0.05, 0.1) is 13.3 Å². The van der Waals surface area contributed by atoms with Gasteiger partial charge in [0.2, 0.25) is 0 Å². The van der Waals surface area contributed by atoms with Crippen molar-refractivity contribution in [3.8, 4) is 17.2 Å². The number of methoxy groups -OCH3 is 1. The molecule has 3 aromatic carbocycles. The average Bonchev–Trinajstić information content (AvgIpc) is 2.77. The van der Waals surface area contributed by atoms with Crippen LogP contribution < -0.4 is 19.6 Å². The summed E-state index contributed by atoms with van der Waals surface area (Å²) < 4.78 is 16.6. The van der Waals surface area contributed by atoms with Crippen molar-refractivity contribution < 1.29 is 19.0 Å². The molecule has 0 aliphatic carbocycles. The molecule has 0 unspecified atom stereocenters. The van der Waals surface area contributed by atoms with Crippen molar-refractivity contribution >= 4 is 35.3 Å². The Kier molecular flexibility index (Phi) is 8.15. The van der Waals surface area contributed by atoms with E-state index in [2.05, 4.69) is 10.5 Å². The Morgan fingerprint density at radius 3 is 2.52 bits per heavy atom. The van der Waals surface area contributed by atoms with Gasteiger partial charge in [-0.1, -0.05) is 35.3 Å². The Hall–Kier alpha value is -3.22. The van der Waals surface area contributed by atoms with Gasteiger partial charge in [-0.25, -0.2) is 5.43 Å². The van der Waals surface area contributed by atoms with E-state index in [9.17, 15) is 4.79 Å². The molecular weight excluding hydrogens is 439 g/mol. The van der Waals surface area contributed by atoms with E-state index in [4.69, 9.17) is 37.4 Å². The van der Waals surface area contributed by atoms with Crippen molar-refractivity contribution in [1.82, 2.24) is 5.43 Å². The molecule has 0 saturated carbocycles. The lowest BCUT2D eigenvalue weighted by Gasteiger charge is -2.11. The second-order valence-electron chi connectivity index (χ2n) is 6.36. The number of rotatable bonds is 9. The minimum atomic E-state index is -0.389. The van der Waals surface area contributed by atoms with Crippen LogP contribution in [0.3, 0.4) is 0 Å². The van der Waals surface area contributed by atoms with Gasteiger partial charge in [-0.05, 0) is 65.7 Å². The van der Waals surface area contributed by atoms with Gasteiger partial charge in [0.15, 0.2) is 18.1 Å². The van der Waals surface area contributed by atoms with Crippen molar-refractivity contribution in [3.05, 3.63) is 87.9 Å². The van der Waals surface area contributed by atoms with Crippen LogP contribution in [0.1, 0.15) is 11.1 Å². The summed E-state index contributed by atoms with van der Waals surface area (Å²) in [7, 11) is 1.55. The third kappa shape index (κ3) is 7.20. The maximum absolute atomic E-state index is 11.9. The maximum Gasteiger partial charge on any atom is 0.277 e. The predicted molar refractivity (Wildman–Crippen MR) is 121 cm³/mol. The normalized spacial score (nSPS) is 10.7. The largest absolute Gasteiger partial charge is 0.493 e. The van der Waals surface area contributed by atoms with Crippen molar-refractivity contribution in [2.45, 2.75) is 6.61 Å². The lowest BCUT2D eigenvalue weighted by molar-refractivity contribution is -0.123. The van der Waals surface area contributed by atoms with Crippen LogP contribution in [0, 0.1) is 0 Å². The Morgan fingerprint density at radius 1 is 0.968 bits per heavy atom. The van der Waals surface area contributed by atoms with Gasteiger partial charge >= 0.3 is 0 Å². The number of hydrazone groups is 1. The molecule has 31 heavy (non-hydrogen) atoms. The summed E-state index contributed by atoms with van der Waals surface area (Å²) in [6, 6.07) is 19.5. The zero-order valence-electron chi connectivity index (χ0n) is 16.7. The second kappa shape index (κ2) is 11.2. The van der Waals surface area contributed by atoms with Crippen LogP contribution in [-0.2, 0) is 11.4 Å². The molecule has 0 aliphatic rings. The molecule has 0 heterocycles. The van der Waals surface area contributed by atoms with E-state index >= 15 is 0 Å². The molecule has 8 heteroatoms. The zero-order valence-corrected chi connectivity index (χ0v) is 18.2. The van der Waals surface area contributed by atoms with Crippen LogP contribution in [0.5, 0.6) is 17.2 Å². The topological polar surface area (TPSA) is 69.2 Å². The smallest absolute Gasteiger partial charge is 0.277 e. The molecule has 0 saturated heterocycles. The summed E-state index contributed by atoms with van der Waals surface area (Å²) in [5.41, 5.74) is 4.09. The monoisotopic (exact) mass is 458 g/mol. The number of carbonyl (C=O) groups excluding carboxylic acids is 1. The lowest BCUT2D eigenvalue weighted by Crippen LogP contribution is -2.24. The molecule has 3 aromatic rings. The highest BCUT2D eigenvalue weighted by atomic mass is 35.5.